The van der Waals surface area contributed by atoms with Crippen molar-refractivity contribution in [1.29, 1.82) is 0 Å². The largest absolute Gasteiger partial charge is 0.322 e. The van der Waals surface area contributed by atoms with E-state index in [1.54, 1.807) is 0 Å². The predicted octanol–water partition coefficient (Wildman–Crippen LogP) is 4.74. The molecule has 0 spiro atoms. The Morgan fingerprint density at radius 3 is 2.63 bits per heavy atom. The van der Waals surface area contributed by atoms with Crippen LogP contribution in [0.5, 0.6) is 0 Å². The highest BCUT2D eigenvalue weighted by atomic mass is 79.9. The van der Waals surface area contributed by atoms with Crippen LogP contribution >= 0.6 is 31.9 Å². The van der Waals surface area contributed by atoms with Gasteiger partial charge in [0, 0.05) is 16.6 Å². The summed E-state index contributed by atoms with van der Waals surface area (Å²) in [5.74, 6) is -0.661. The van der Waals surface area contributed by atoms with Gasteiger partial charge in [-0.25, -0.2) is 4.39 Å². The first-order valence-corrected chi connectivity index (χ1v) is 7.43. The zero-order chi connectivity index (χ0) is 13.8. The molecule has 0 bridgehead atoms. The number of carbonyl (C=O) groups is 1. The zero-order valence-electron chi connectivity index (χ0n) is 9.79. The quantitative estimate of drug-likeness (QED) is 0.758. The van der Waals surface area contributed by atoms with Gasteiger partial charge in [0.25, 0.3) is 5.91 Å². The molecule has 1 amide bonds. The van der Waals surface area contributed by atoms with Gasteiger partial charge in [-0.2, -0.15) is 0 Å². The molecule has 98 valence electrons. The van der Waals surface area contributed by atoms with Crippen LogP contribution in [0.4, 0.5) is 10.1 Å². The monoisotopic (exact) mass is 385 g/mol. The molecule has 0 radical (unpaired) electrons. The van der Waals surface area contributed by atoms with Gasteiger partial charge in [-0.15, -0.1) is 0 Å². The number of hydrogen-bond acceptors (Lipinski definition) is 1. The molecule has 19 heavy (non-hydrogen) atoms. The van der Waals surface area contributed by atoms with E-state index in [1.165, 1.54) is 18.2 Å². The fourth-order valence-corrected chi connectivity index (χ4v) is 2.46. The van der Waals surface area contributed by atoms with Gasteiger partial charge in [0.15, 0.2) is 0 Å². The summed E-state index contributed by atoms with van der Waals surface area (Å²) in [4.78, 5) is 12.1. The standard InChI is InChI=1S/C14H10Br2FNO/c15-8-10-3-1-2-4-13(10)18-14(19)9-5-6-12(17)11(16)7-9/h1-7H,8H2,(H,18,19). The highest BCUT2D eigenvalue weighted by molar-refractivity contribution is 9.10. The van der Waals surface area contributed by atoms with Gasteiger partial charge >= 0.3 is 0 Å². The molecule has 0 saturated heterocycles. The Morgan fingerprint density at radius 1 is 1.21 bits per heavy atom. The van der Waals surface area contributed by atoms with E-state index >= 15 is 0 Å². The van der Waals surface area contributed by atoms with Crippen molar-refractivity contribution in [3.05, 3.63) is 63.9 Å². The van der Waals surface area contributed by atoms with E-state index in [0.717, 1.165) is 11.3 Å². The summed E-state index contributed by atoms with van der Waals surface area (Å²) < 4.78 is 13.4. The molecule has 5 heteroatoms. The molecular weight excluding hydrogens is 377 g/mol. The Labute approximate surface area is 127 Å². The lowest BCUT2D eigenvalue weighted by Gasteiger charge is -2.09. The summed E-state index contributed by atoms with van der Waals surface area (Å²) in [5, 5.41) is 3.46. The molecule has 0 heterocycles. The van der Waals surface area contributed by atoms with E-state index in [-0.39, 0.29) is 10.4 Å². The number of nitrogens with one attached hydrogen (secondary N) is 1. The minimum atomic E-state index is -0.391. The van der Waals surface area contributed by atoms with Crippen molar-refractivity contribution in [3.8, 4) is 0 Å². The summed E-state index contributed by atoms with van der Waals surface area (Å²) in [6.07, 6.45) is 0. The molecule has 0 aliphatic heterocycles. The number of alkyl halides is 1. The number of para-hydroxylation sites is 1. The lowest BCUT2D eigenvalue weighted by molar-refractivity contribution is 0.102. The zero-order valence-corrected chi connectivity index (χ0v) is 13.0. The third kappa shape index (κ3) is 3.42. The van der Waals surface area contributed by atoms with Crippen LogP contribution in [0.25, 0.3) is 0 Å². The number of carbonyl (C=O) groups excluding carboxylic acids is 1. The topological polar surface area (TPSA) is 29.1 Å². The Kier molecular flexibility index (Phi) is 4.71. The van der Waals surface area contributed by atoms with Gasteiger partial charge in [-0.1, -0.05) is 34.1 Å². The Bertz CT molecular complexity index is 616. The van der Waals surface area contributed by atoms with Crippen LogP contribution in [0, 0.1) is 5.82 Å². The van der Waals surface area contributed by atoms with Crippen LogP contribution in [0.2, 0.25) is 0 Å². The first-order valence-electron chi connectivity index (χ1n) is 5.52. The molecule has 1 N–H and O–H groups in total. The number of benzene rings is 2. The maximum Gasteiger partial charge on any atom is 0.255 e. The summed E-state index contributed by atoms with van der Waals surface area (Å²) in [6.45, 7) is 0. The van der Waals surface area contributed by atoms with E-state index in [0.29, 0.717) is 10.9 Å². The average Bonchev–Trinajstić information content (AvgIpc) is 2.42. The molecule has 2 aromatic rings. The number of anilines is 1. The van der Waals surface area contributed by atoms with Crippen molar-refractivity contribution in [1.82, 2.24) is 0 Å². The van der Waals surface area contributed by atoms with Crippen molar-refractivity contribution >= 4 is 43.5 Å². The summed E-state index contributed by atoms with van der Waals surface area (Å²) >= 11 is 6.43. The van der Waals surface area contributed by atoms with Crippen molar-refractivity contribution < 1.29 is 9.18 Å². The van der Waals surface area contributed by atoms with Gasteiger partial charge in [0.1, 0.15) is 5.82 Å². The Hall–Kier alpha value is -1.20. The average molecular weight is 387 g/mol. The van der Waals surface area contributed by atoms with E-state index in [2.05, 4.69) is 37.2 Å². The second-order valence-electron chi connectivity index (χ2n) is 3.87. The summed E-state index contributed by atoms with van der Waals surface area (Å²) in [7, 11) is 0. The smallest absolute Gasteiger partial charge is 0.255 e. The Balaban J connectivity index is 2.23. The highest BCUT2D eigenvalue weighted by Crippen LogP contribution is 2.21. The molecule has 0 unspecified atom stereocenters. The second-order valence-corrected chi connectivity index (χ2v) is 5.29. The third-order valence-corrected chi connectivity index (χ3v) is 3.80. The van der Waals surface area contributed by atoms with E-state index in [1.807, 2.05) is 24.3 Å². The summed E-state index contributed by atoms with van der Waals surface area (Å²) in [5.41, 5.74) is 2.12. The molecule has 0 saturated carbocycles. The van der Waals surface area contributed by atoms with Crippen LogP contribution in [-0.4, -0.2) is 5.91 Å². The highest BCUT2D eigenvalue weighted by Gasteiger charge is 2.10. The molecule has 0 aliphatic carbocycles. The first-order chi connectivity index (χ1) is 9.11. The fraction of sp³-hybridized carbons (Fsp3) is 0.0714. The van der Waals surface area contributed by atoms with Gasteiger partial charge in [0.2, 0.25) is 0 Å². The molecule has 0 aromatic heterocycles. The number of rotatable bonds is 3. The van der Waals surface area contributed by atoms with Crippen molar-refractivity contribution in [3.63, 3.8) is 0 Å². The SMILES string of the molecule is O=C(Nc1ccccc1CBr)c1ccc(F)c(Br)c1. The Morgan fingerprint density at radius 2 is 1.95 bits per heavy atom. The number of amides is 1. The molecule has 2 rings (SSSR count). The van der Waals surface area contributed by atoms with Crippen LogP contribution in [-0.2, 0) is 5.33 Å². The maximum absolute atomic E-state index is 13.1. The fourth-order valence-electron chi connectivity index (χ4n) is 1.59. The van der Waals surface area contributed by atoms with Crippen LogP contribution in [0.3, 0.4) is 0 Å². The van der Waals surface area contributed by atoms with Crippen LogP contribution in [0.1, 0.15) is 15.9 Å². The summed E-state index contributed by atoms with van der Waals surface area (Å²) in [6, 6.07) is 11.7. The lowest BCUT2D eigenvalue weighted by atomic mass is 10.1. The minimum Gasteiger partial charge on any atom is -0.322 e. The van der Waals surface area contributed by atoms with Crippen LogP contribution < -0.4 is 5.32 Å². The second kappa shape index (κ2) is 6.30. The van der Waals surface area contributed by atoms with Crippen molar-refractivity contribution in [2.75, 3.05) is 5.32 Å². The van der Waals surface area contributed by atoms with Gasteiger partial charge in [-0.05, 0) is 45.8 Å². The van der Waals surface area contributed by atoms with Gasteiger partial charge in [-0.3, -0.25) is 4.79 Å². The van der Waals surface area contributed by atoms with Crippen molar-refractivity contribution in [2.45, 2.75) is 5.33 Å². The van der Waals surface area contributed by atoms with E-state index in [4.69, 9.17) is 0 Å². The molecule has 0 atom stereocenters. The van der Waals surface area contributed by atoms with E-state index in [9.17, 15) is 9.18 Å². The lowest BCUT2D eigenvalue weighted by Crippen LogP contribution is -2.13. The molecule has 0 aliphatic rings. The predicted molar refractivity (Wildman–Crippen MR) is 81.1 cm³/mol. The third-order valence-electron chi connectivity index (χ3n) is 2.59. The molecular formula is C14H10Br2FNO. The first kappa shape index (κ1) is 14.2. The number of hydrogen-bond donors (Lipinski definition) is 1. The molecule has 2 aromatic carbocycles. The normalized spacial score (nSPS) is 10.3. The van der Waals surface area contributed by atoms with Crippen molar-refractivity contribution in [2.24, 2.45) is 0 Å². The van der Waals surface area contributed by atoms with E-state index < -0.39 is 5.82 Å². The molecule has 0 fully saturated rings. The number of halogens is 3. The van der Waals surface area contributed by atoms with Gasteiger partial charge < -0.3 is 5.32 Å². The molecule has 2 nitrogen and oxygen atoms in total. The van der Waals surface area contributed by atoms with Gasteiger partial charge in [0.05, 0.1) is 4.47 Å². The minimum absolute atomic E-state index is 0.269. The van der Waals surface area contributed by atoms with Crippen LogP contribution in [0.15, 0.2) is 46.9 Å². The maximum atomic E-state index is 13.1.